The summed E-state index contributed by atoms with van der Waals surface area (Å²) in [4.78, 5) is 13.6. The molecule has 0 spiro atoms. The molecule has 0 amide bonds. The number of hydrogen-bond acceptors (Lipinski definition) is 8. The van der Waals surface area contributed by atoms with E-state index in [1.807, 2.05) is 20.8 Å². The van der Waals surface area contributed by atoms with Gasteiger partial charge in [-0.2, -0.15) is 13.5 Å². The first-order valence-corrected chi connectivity index (χ1v) is 13.1. The maximum absolute atomic E-state index is 13.3. The van der Waals surface area contributed by atoms with Gasteiger partial charge in [0.05, 0.1) is 22.6 Å². The number of hydrogen-bond donors (Lipinski definition) is 1. The van der Waals surface area contributed by atoms with Crippen LogP contribution in [0.25, 0.3) is 0 Å². The minimum absolute atomic E-state index is 0.00349. The van der Waals surface area contributed by atoms with Gasteiger partial charge in [0.25, 0.3) is 0 Å². The smallest absolute Gasteiger partial charge is 0.311 e. The highest BCUT2D eigenvalue weighted by Crippen LogP contribution is 2.42. The number of aromatic nitrogens is 2. The van der Waals surface area contributed by atoms with Gasteiger partial charge in [0.1, 0.15) is 5.56 Å². The fourth-order valence-electron chi connectivity index (χ4n) is 4.02. The van der Waals surface area contributed by atoms with Crippen molar-refractivity contribution in [2.75, 3.05) is 24.6 Å². The minimum Gasteiger partial charge on any atom is -0.361 e. The lowest BCUT2D eigenvalue weighted by Crippen LogP contribution is -2.26. The molecule has 2 heterocycles. The van der Waals surface area contributed by atoms with Crippen LogP contribution in [0.1, 0.15) is 47.8 Å². The molecule has 0 radical (unpaired) electrons. The molecule has 2 aromatic rings. The SMILES string of the molecule is CCNCCS(=O)(=O)Oc1c(C(=O)c2ccc3c(c2C)C(C)(C)CS3(=O)=O)cnn1C. The fourth-order valence-corrected chi connectivity index (χ4v) is 7.20. The number of rotatable bonds is 8. The first-order valence-electron chi connectivity index (χ1n) is 9.87. The van der Waals surface area contributed by atoms with Crippen LogP contribution >= 0.6 is 0 Å². The van der Waals surface area contributed by atoms with Crippen molar-refractivity contribution in [2.24, 2.45) is 7.05 Å². The van der Waals surface area contributed by atoms with Gasteiger partial charge in [0, 0.05) is 24.6 Å². The van der Waals surface area contributed by atoms with Crippen molar-refractivity contribution >= 4 is 25.7 Å². The minimum atomic E-state index is -3.95. The molecule has 0 atom stereocenters. The van der Waals surface area contributed by atoms with Crippen LogP contribution in [0.4, 0.5) is 0 Å². The van der Waals surface area contributed by atoms with Crippen molar-refractivity contribution in [1.29, 1.82) is 0 Å². The van der Waals surface area contributed by atoms with E-state index in [0.717, 1.165) is 0 Å². The van der Waals surface area contributed by atoms with Crippen molar-refractivity contribution in [3.05, 3.63) is 40.6 Å². The molecule has 1 aliphatic heterocycles. The maximum atomic E-state index is 13.3. The van der Waals surface area contributed by atoms with Gasteiger partial charge in [-0.3, -0.25) is 4.79 Å². The van der Waals surface area contributed by atoms with Crippen LogP contribution in [0, 0.1) is 6.92 Å². The van der Waals surface area contributed by atoms with Crippen LogP contribution in [0.15, 0.2) is 23.2 Å². The Morgan fingerprint density at radius 1 is 1.29 bits per heavy atom. The van der Waals surface area contributed by atoms with Gasteiger partial charge >= 0.3 is 10.1 Å². The zero-order valence-corrected chi connectivity index (χ0v) is 19.9. The maximum Gasteiger partial charge on any atom is 0.311 e. The molecule has 0 unspecified atom stereocenters. The van der Waals surface area contributed by atoms with E-state index in [4.69, 9.17) is 4.18 Å². The molecular formula is C20H27N3O6S2. The molecule has 1 aromatic heterocycles. The molecule has 1 N–H and O–H groups in total. The first kappa shape index (κ1) is 23.4. The van der Waals surface area contributed by atoms with Gasteiger partial charge in [0.2, 0.25) is 5.88 Å². The van der Waals surface area contributed by atoms with Crippen molar-refractivity contribution in [1.82, 2.24) is 15.1 Å². The van der Waals surface area contributed by atoms with E-state index < -0.39 is 31.2 Å². The summed E-state index contributed by atoms with van der Waals surface area (Å²) in [5, 5.41) is 6.90. The number of aryl methyl sites for hydroxylation is 1. The average Bonchev–Trinajstić information content (AvgIpc) is 3.08. The van der Waals surface area contributed by atoms with Crippen molar-refractivity contribution in [3.8, 4) is 5.88 Å². The molecule has 31 heavy (non-hydrogen) atoms. The van der Waals surface area contributed by atoms with Gasteiger partial charge in [-0.25, -0.2) is 13.1 Å². The quantitative estimate of drug-likeness (QED) is 0.349. The lowest BCUT2D eigenvalue weighted by Gasteiger charge is -2.20. The molecule has 170 valence electrons. The number of carbonyl (C=O) groups excluding carboxylic acids is 1. The number of carbonyl (C=O) groups is 1. The highest BCUT2D eigenvalue weighted by Gasteiger charge is 2.42. The Morgan fingerprint density at radius 3 is 2.61 bits per heavy atom. The monoisotopic (exact) mass is 469 g/mol. The first-order chi connectivity index (χ1) is 14.3. The van der Waals surface area contributed by atoms with Crippen LogP contribution in [-0.2, 0) is 32.4 Å². The van der Waals surface area contributed by atoms with Gasteiger partial charge < -0.3 is 9.50 Å². The third kappa shape index (κ3) is 4.39. The number of nitrogens with zero attached hydrogens (tertiary/aromatic N) is 2. The zero-order chi connectivity index (χ0) is 23.2. The van der Waals surface area contributed by atoms with Crippen LogP contribution in [0.3, 0.4) is 0 Å². The molecule has 11 heteroatoms. The van der Waals surface area contributed by atoms with Gasteiger partial charge in [-0.1, -0.05) is 20.8 Å². The number of benzene rings is 1. The molecule has 0 saturated heterocycles. The molecule has 0 saturated carbocycles. The molecule has 9 nitrogen and oxygen atoms in total. The largest absolute Gasteiger partial charge is 0.361 e. The zero-order valence-electron chi connectivity index (χ0n) is 18.2. The molecular weight excluding hydrogens is 442 g/mol. The number of nitrogens with one attached hydrogen (secondary N) is 1. The average molecular weight is 470 g/mol. The highest BCUT2D eigenvalue weighted by atomic mass is 32.2. The molecule has 0 aliphatic carbocycles. The molecule has 3 rings (SSSR count). The summed E-state index contributed by atoms with van der Waals surface area (Å²) in [5.41, 5.74) is 0.808. The number of fused-ring (bicyclic) bond motifs is 1. The Balaban J connectivity index is 2.01. The summed E-state index contributed by atoms with van der Waals surface area (Å²) in [6, 6.07) is 2.91. The predicted octanol–water partition coefficient (Wildman–Crippen LogP) is 1.34. The summed E-state index contributed by atoms with van der Waals surface area (Å²) < 4.78 is 56.1. The third-order valence-corrected chi connectivity index (χ3v) is 8.58. The summed E-state index contributed by atoms with van der Waals surface area (Å²) >= 11 is 0. The highest BCUT2D eigenvalue weighted by molar-refractivity contribution is 7.91. The topological polar surface area (TPSA) is 124 Å². The van der Waals surface area contributed by atoms with E-state index in [1.165, 1.54) is 30.1 Å². The summed E-state index contributed by atoms with van der Waals surface area (Å²) in [6.07, 6.45) is 1.26. The fraction of sp³-hybridized carbons (Fsp3) is 0.500. The molecule has 1 aromatic carbocycles. The van der Waals surface area contributed by atoms with E-state index in [0.29, 0.717) is 17.7 Å². The van der Waals surface area contributed by atoms with Crippen molar-refractivity contribution in [3.63, 3.8) is 0 Å². The standard InChI is InChI=1S/C20H27N3O6S2/c1-6-21-9-10-31(27,28)29-19-15(11-22-23(19)5)18(24)14-7-8-16-17(13(14)2)20(3,4)12-30(16,25)26/h7-8,11,21H,6,9-10,12H2,1-5H3. The van der Waals surface area contributed by atoms with Gasteiger partial charge in [-0.15, -0.1) is 0 Å². The van der Waals surface area contributed by atoms with E-state index in [1.54, 1.807) is 6.92 Å². The Hall–Kier alpha value is -2.24. The van der Waals surface area contributed by atoms with Crippen LogP contribution in [0.2, 0.25) is 0 Å². The van der Waals surface area contributed by atoms with Gasteiger partial charge in [-0.05, 0) is 36.7 Å². The van der Waals surface area contributed by atoms with E-state index in [9.17, 15) is 21.6 Å². The van der Waals surface area contributed by atoms with E-state index >= 15 is 0 Å². The number of sulfone groups is 1. The van der Waals surface area contributed by atoms with Crippen LogP contribution < -0.4 is 9.50 Å². The molecule has 0 fully saturated rings. The third-order valence-electron chi connectivity index (χ3n) is 5.35. The molecule has 0 bridgehead atoms. The van der Waals surface area contributed by atoms with E-state index in [2.05, 4.69) is 10.4 Å². The Bertz CT molecular complexity index is 1240. The van der Waals surface area contributed by atoms with Gasteiger partial charge in [0.15, 0.2) is 15.6 Å². The van der Waals surface area contributed by atoms with Crippen LogP contribution in [0.5, 0.6) is 5.88 Å². The summed E-state index contributed by atoms with van der Waals surface area (Å²) in [5.74, 6) is -0.943. The second kappa shape index (κ2) is 8.03. The lowest BCUT2D eigenvalue weighted by molar-refractivity contribution is 0.103. The van der Waals surface area contributed by atoms with E-state index in [-0.39, 0.29) is 40.0 Å². The predicted molar refractivity (Wildman–Crippen MR) is 116 cm³/mol. The van der Waals surface area contributed by atoms with Crippen molar-refractivity contribution in [2.45, 2.75) is 38.0 Å². The second-order valence-electron chi connectivity index (χ2n) is 8.27. The number of ketones is 1. The Kier molecular flexibility index (Phi) is 6.07. The normalized spacial score (nSPS) is 16.8. The summed E-state index contributed by atoms with van der Waals surface area (Å²) in [7, 11) is -5.88. The van der Waals surface area contributed by atoms with Crippen LogP contribution in [-0.4, -0.2) is 57.0 Å². The lowest BCUT2D eigenvalue weighted by atomic mass is 9.81. The Morgan fingerprint density at radius 2 is 1.97 bits per heavy atom. The molecule has 1 aliphatic rings. The second-order valence-corrected chi connectivity index (χ2v) is 11.9. The Labute approximate surface area is 182 Å². The van der Waals surface area contributed by atoms with Crippen molar-refractivity contribution < 1.29 is 25.8 Å². The summed E-state index contributed by atoms with van der Waals surface area (Å²) in [6.45, 7) is 8.05.